The largest absolute Gasteiger partial charge is 0.369 e. The quantitative estimate of drug-likeness (QED) is 0.586. The third-order valence-electron chi connectivity index (χ3n) is 1.76. The second kappa shape index (κ2) is 4.40. The molecule has 14 heavy (non-hydrogen) atoms. The van der Waals surface area contributed by atoms with Crippen LogP contribution >= 0.6 is 0 Å². The maximum Gasteiger partial charge on any atom is 0.251 e. The number of primary amides is 2. The van der Waals surface area contributed by atoms with Crippen molar-refractivity contribution in [1.29, 1.82) is 0 Å². The number of rotatable bonds is 2. The number of nitrogens with zero attached hydrogens (tertiary/aromatic N) is 1. The Labute approximate surface area is 80.7 Å². The summed E-state index contributed by atoms with van der Waals surface area (Å²) in [5.41, 5.74) is 10.1. The highest BCUT2D eigenvalue weighted by atomic mass is 16.1. The van der Waals surface area contributed by atoms with Gasteiger partial charge in [-0.3, -0.25) is 14.7 Å². The van der Waals surface area contributed by atoms with Crippen LogP contribution in [0.4, 0.5) is 0 Å². The highest BCUT2D eigenvalue weighted by Crippen LogP contribution is 2.27. The molecule has 6 nitrogen and oxygen atoms in total. The Morgan fingerprint density at radius 2 is 2.07 bits per heavy atom. The van der Waals surface area contributed by atoms with Crippen LogP contribution in [0.1, 0.15) is 23.2 Å². The van der Waals surface area contributed by atoms with E-state index in [2.05, 4.69) is 10.2 Å². The minimum Gasteiger partial charge on any atom is -0.369 e. The number of hydrogen-bond acceptors (Lipinski definition) is 3. The van der Waals surface area contributed by atoms with E-state index in [4.69, 9.17) is 11.5 Å². The van der Waals surface area contributed by atoms with Crippen LogP contribution in [-0.4, -0.2) is 22.0 Å². The molecule has 0 spiro atoms. The lowest BCUT2D eigenvalue weighted by molar-refractivity contribution is -0.119. The fourth-order valence-electron chi connectivity index (χ4n) is 0.753. The zero-order chi connectivity index (χ0) is 10.6. The van der Waals surface area contributed by atoms with Crippen LogP contribution in [0.3, 0.4) is 0 Å². The summed E-state index contributed by atoms with van der Waals surface area (Å²) in [6.45, 7) is 0. The Bertz CT molecular complexity index is 316. The highest BCUT2D eigenvalue weighted by molar-refractivity contribution is 5.92. The van der Waals surface area contributed by atoms with Gasteiger partial charge in [-0.2, -0.15) is 5.10 Å². The Kier molecular flexibility index (Phi) is 3.22. The summed E-state index contributed by atoms with van der Waals surface area (Å²) in [5.74, 6) is -0.348. The van der Waals surface area contributed by atoms with Crippen molar-refractivity contribution < 1.29 is 9.59 Å². The Hall–Kier alpha value is -1.85. The number of carbonyl (C=O) groups excluding carboxylic acids is 2. The van der Waals surface area contributed by atoms with Gasteiger partial charge in [-0.15, -0.1) is 0 Å². The Balaban J connectivity index is 0.000000146. The van der Waals surface area contributed by atoms with Crippen LogP contribution in [-0.2, 0) is 4.79 Å². The van der Waals surface area contributed by atoms with Crippen molar-refractivity contribution in [3.63, 3.8) is 0 Å². The van der Waals surface area contributed by atoms with Crippen LogP contribution in [0.2, 0.25) is 0 Å². The van der Waals surface area contributed by atoms with Gasteiger partial charge in [0, 0.05) is 12.1 Å². The van der Waals surface area contributed by atoms with E-state index < -0.39 is 5.91 Å². The zero-order valence-corrected chi connectivity index (χ0v) is 7.56. The van der Waals surface area contributed by atoms with Crippen LogP contribution in [0.15, 0.2) is 12.4 Å². The molecular formula is C8H12N4O2. The van der Waals surface area contributed by atoms with Crippen LogP contribution in [0, 0.1) is 5.92 Å². The van der Waals surface area contributed by atoms with Crippen molar-refractivity contribution in [3.8, 4) is 0 Å². The van der Waals surface area contributed by atoms with Gasteiger partial charge in [-0.05, 0) is 12.8 Å². The minimum absolute atomic E-state index is 0.130. The number of carbonyl (C=O) groups is 2. The second-order valence-corrected chi connectivity index (χ2v) is 3.03. The standard InChI is InChI=1S/C4H5N3O.C4H7NO/c5-4(8)3-1-6-7-2-3;5-4(6)3-1-2-3/h1-2H,(H2,5,8)(H,6,7);3H,1-2H2,(H2,5,6). The Morgan fingerprint density at radius 1 is 1.43 bits per heavy atom. The molecule has 0 unspecified atom stereocenters. The van der Waals surface area contributed by atoms with Crippen LogP contribution < -0.4 is 11.5 Å². The number of amides is 2. The summed E-state index contributed by atoms with van der Waals surface area (Å²) in [6, 6.07) is 0. The van der Waals surface area contributed by atoms with Crippen molar-refractivity contribution in [2.24, 2.45) is 17.4 Å². The molecule has 2 amide bonds. The lowest BCUT2D eigenvalue weighted by atomic mass is 10.4. The molecule has 2 rings (SSSR count). The number of hydrogen-bond donors (Lipinski definition) is 3. The first-order valence-corrected chi connectivity index (χ1v) is 4.19. The van der Waals surface area contributed by atoms with E-state index in [9.17, 15) is 9.59 Å². The molecule has 1 heterocycles. The number of aromatic nitrogens is 2. The van der Waals surface area contributed by atoms with Gasteiger partial charge >= 0.3 is 0 Å². The molecule has 0 atom stereocenters. The third-order valence-corrected chi connectivity index (χ3v) is 1.76. The first-order valence-electron chi connectivity index (χ1n) is 4.19. The van der Waals surface area contributed by atoms with Gasteiger partial charge in [0.1, 0.15) is 0 Å². The molecule has 5 N–H and O–H groups in total. The molecule has 76 valence electrons. The molecule has 1 aromatic rings. The van der Waals surface area contributed by atoms with Gasteiger partial charge in [0.2, 0.25) is 5.91 Å². The van der Waals surface area contributed by atoms with Crippen LogP contribution in [0.25, 0.3) is 0 Å². The molecule has 0 aromatic carbocycles. The van der Waals surface area contributed by atoms with Gasteiger partial charge in [0.15, 0.2) is 0 Å². The van der Waals surface area contributed by atoms with E-state index in [0.29, 0.717) is 5.56 Å². The van der Waals surface area contributed by atoms with Crippen molar-refractivity contribution >= 4 is 11.8 Å². The Morgan fingerprint density at radius 3 is 2.21 bits per heavy atom. The van der Waals surface area contributed by atoms with Gasteiger partial charge < -0.3 is 11.5 Å². The zero-order valence-electron chi connectivity index (χ0n) is 7.56. The normalized spacial score (nSPS) is 14.0. The summed E-state index contributed by atoms with van der Waals surface area (Å²) in [7, 11) is 0. The lowest BCUT2D eigenvalue weighted by Crippen LogP contribution is -2.11. The number of aromatic amines is 1. The van der Waals surface area contributed by atoms with E-state index in [0.717, 1.165) is 12.8 Å². The molecule has 0 bridgehead atoms. The maximum atomic E-state index is 10.2. The fraction of sp³-hybridized carbons (Fsp3) is 0.375. The van der Waals surface area contributed by atoms with Gasteiger partial charge in [-0.25, -0.2) is 0 Å². The minimum atomic E-state index is -0.459. The number of nitrogens with one attached hydrogen (secondary N) is 1. The topological polar surface area (TPSA) is 115 Å². The first-order chi connectivity index (χ1) is 6.61. The first kappa shape index (κ1) is 10.2. The van der Waals surface area contributed by atoms with Gasteiger partial charge in [0.25, 0.3) is 5.91 Å². The summed E-state index contributed by atoms with van der Waals surface area (Å²) in [6.07, 6.45) is 4.87. The molecule has 1 aliphatic carbocycles. The van der Waals surface area contributed by atoms with E-state index in [-0.39, 0.29) is 11.8 Å². The average molecular weight is 196 g/mol. The predicted octanol–water partition coefficient (Wildman–Crippen LogP) is -0.610. The summed E-state index contributed by atoms with van der Waals surface area (Å²) in [4.78, 5) is 20.2. The molecule has 0 aliphatic heterocycles. The SMILES string of the molecule is NC(=O)C1CC1.NC(=O)c1cn[nH]c1. The highest BCUT2D eigenvalue weighted by Gasteiger charge is 2.26. The van der Waals surface area contributed by atoms with E-state index in [1.54, 1.807) is 0 Å². The monoisotopic (exact) mass is 196 g/mol. The third kappa shape index (κ3) is 3.26. The molecule has 1 saturated carbocycles. The average Bonchev–Trinajstić information content (AvgIpc) is 2.82. The smallest absolute Gasteiger partial charge is 0.251 e. The molecule has 1 aliphatic rings. The number of H-pyrrole nitrogens is 1. The van der Waals surface area contributed by atoms with E-state index >= 15 is 0 Å². The van der Waals surface area contributed by atoms with Crippen molar-refractivity contribution in [3.05, 3.63) is 18.0 Å². The second-order valence-electron chi connectivity index (χ2n) is 3.03. The van der Waals surface area contributed by atoms with Crippen molar-refractivity contribution in [2.45, 2.75) is 12.8 Å². The predicted molar refractivity (Wildman–Crippen MR) is 49.0 cm³/mol. The van der Waals surface area contributed by atoms with Crippen molar-refractivity contribution in [2.75, 3.05) is 0 Å². The molecule has 6 heteroatoms. The molecule has 1 aromatic heterocycles. The fourth-order valence-corrected chi connectivity index (χ4v) is 0.753. The summed E-state index contributed by atoms with van der Waals surface area (Å²) in [5, 5.41) is 5.98. The van der Waals surface area contributed by atoms with Crippen molar-refractivity contribution in [1.82, 2.24) is 10.2 Å². The molecule has 0 radical (unpaired) electrons. The summed E-state index contributed by atoms with van der Waals surface area (Å²) >= 11 is 0. The van der Waals surface area contributed by atoms with Gasteiger partial charge in [-0.1, -0.05) is 0 Å². The maximum absolute atomic E-state index is 10.2. The molecule has 1 fully saturated rings. The van der Waals surface area contributed by atoms with E-state index in [1.165, 1.54) is 12.4 Å². The van der Waals surface area contributed by atoms with E-state index in [1.807, 2.05) is 0 Å². The lowest BCUT2D eigenvalue weighted by Gasteiger charge is -1.78. The van der Waals surface area contributed by atoms with Gasteiger partial charge in [0.05, 0.1) is 11.8 Å². The van der Waals surface area contributed by atoms with Crippen LogP contribution in [0.5, 0.6) is 0 Å². The molecule has 0 saturated heterocycles. The molecular weight excluding hydrogens is 184 g/mol. The number of nitrogens with two attached hydrogens (primary N) is 2. The summed E-state index contributed by atoms with van der Waals surface area (Å²) < 4.78 is 0.